The van der Waals surface area contributed by atoms with Crippen molar-refractivity contribution in [3.05, 3.63) is 59.9 Å². The summed E-state index contributed by atoms with van der Waals surface area (Å²) in [6.07, 6.45) is 7.80. The van der Waals surface area contributed by atoms with Gasteiger partial charge in [0.1, 0.15) is 5.69 Å². The van der Waals surface area contributed by atoms with E-state index in [1.54, 1.807) is 23.0 Å². The molecule has 11 heteroatoms. The summed E-state index contributed by atoms with van der Waals surface area (Å²) in [5.41, 5.74) is 5.24. The molecule has 40 heavy (non-hydrogen) atoms. The Morgan fingerprint density at radius 2 is 1.85 bits per heavy atom. The highest BCUT2D eigenvalue weighted by Crippen LogP contribution is 2.25. The van der Waals surface area contributed by atoms with E-state index in [4.69, 9.17) is 4.52 Å². The molecule has 11 nitrogen and oxygen atoms in total. The van der Waals surface area contributed by atoms with Crippen LogP contribution in [0.1, 0.15) is 56.4 Å². The minimum absolute atomic E-state index is 0.0605. The molecule has 4 aromatic heterocycles. The molecule has 0 aliphatic carbocycles. The largest absolute Gasteiger partial charge is 0.368 e. The molecule has 0 unspecified atom stereocenters. The smallest absolute Gasteiger partial charge is 0.259 e. The summed E-state index contributed by atoms with van der Waals surface area (Å²) in [5.74, 6) is -0.0468. The van der Waals surface area contributed by atoms with Crippen LogP contribution in [-0.2, 0) is 6.42 Å². The van der Waals surface area contributed by atoms with E-state index in [9.17, 15) is 4.79 Å². The molecule has 0 spiro atoms. The van der Waals surface area contributed by atoms with Gasteiger partial charge in [-0.3, -0.25) is 25.0 Å². The Hall–Kier alpha value is -4.12. The van der Waals surface area contributed by atoms with Crippen LogP contribution in [0.5, 0.6) is 0 Å². The van der Waals surface area contributed by atoms with Crippen LogP contribution in [0.25, 0.3) is 16.9 Å². The van der Waals surface area contributed by atoms with Crippen LogP contribution in [0, 0.1) is 12.3 Å². The van der Waals surface area contributed by atoms with Crippen molar-refractivity contribution in [2.45, 2.75) is 54.0 Å². The lowest BCUT2D eigenvalue weighted by molar-refractivity contribution is 0.102. The Morgan fingerprint density at radius 1 is 1.07 bits per heavy atom. The van der Waals surface area contributed by atoms with Crippen molar-refractivity contribution in [1.29, 1.82) is 0 Å². The number of nitrogens with one attached hydrogen (secondary N) is 1. The lowest BCUT2D eigenvalue weighted by Gasteiger charge is -2.38. The first-order chi connectivity index (χ1) is 19.1. The number of aromatic nitrogens is 6. The number of pyridine rings is 2. The molecule has 0 saturated carbocycles. The zero-order chi connectivity index (χ0) is 28.4. The summed E-state index contributed by atoms with van der Waals surface area (Å²) >= 11 is 0. The molecular weight excluding hydrogens is 506 g/mol. The third kappa shape index (κ3) is 6.36. The minimum atomic E-state index is -0.345. The van der Waals surface area contributed by atoms with E-state index < -0.39 is 0 Å². The Balaban J connectivity index is 1.31. The number of hydrogen-bond donors (Lipinski definition) is 1. The van der Waals surface area contributed by atoms with E-state index in [0.717, 1.165) is 55.2 Å². The summed E-state index contributed by atoms with van der Waals surface area (Å²) in [6.45, 7) is 16.7. The maximum atomic E-state index is 13.0. The first-order valence-electron chi connectivity index (χ1n) is 13.7. The molecule has 1 aliphatic heterocycles. The van der Waals surface area contributed by atoms with Crippen molar-refractivity contribution >= 4 is 17.5 Å². The van der Waals surface area contributed by atoms with Gasteiger partial charge in [0.2, 0.25) is 5.88 Å². The molecule has 0 atom stereocenters. The highest BCUT2D eigenvalue weighted by atomic mass is 16.5. The van der Waals surface area contributed by atoms with Crippen molar-refractivity contribution in [1.82, 2.24) is 35.0 Å². The maximum Gasteiger partial charge on any atom is 0.259 e. The standard InChI is InChI=1S/C29H37N9O2/c1-19(2)36-7-9-37(10-8-36)24-11-21(15-30-17-24)25-18-38(35-33-25)26-12-22(16-31-20(26)3)28(39)32-27-13-23(34-40-27)14-29(4,5)6/h11-13,15-19H,7-10,14H2,1-6H3,(H,32,39). The van der Waals surface area contributed by atoms with Gasteiger partial charge in [-0.05, 0) is 44.7 Å². The first kappa shape index (κ1) is 27.4. The second-order valence-electron chi connectivity index (χ2n) is 11.8. The molecule has 1 amide bonds. The fourth-order valence-electron chi connectivity index (χ4n) is 4.81. The van der Waals surface area contributed by atoms with Gasteiger partial charge < -0.3 is 9.42 Å². The molecule has 0 radical (unpaired) electrons. The van der Waals surface area contributed by atoms with E-state index >= 15 is 0 Å². The van der Waals surface area contributed by atoms with E-state index in [1.165, 1.54) is 6.20 Å². The van der Waals surface area contributed by atoms with Crippen LogP contribution in [0.4, 0.5) is 11.6 Å². The zero-order valence-corrected chi connectivity index (χ0v) is 24.0. The fraction of sp³-hybridized carbons (Fsp3) is 0.448. The van der Waals surface area contributed by atoms with Crippen molar-refractivity contribution in [3.8, 4) is 16.9 Å². The zero-order valence-electron chi connectivity index (χ0n) is 24.0. The third-order valence-electron chi connectivity index (χ3n) is 7.00. The molecular formula is C29H37N9O2. The Morgan fingerprint density at radius 3 is 2.58 bits per heavy atom. The van der Waals surface area contributed by atoms with Crippen LogP contribution in [-0.4, -0.2) is 73.1 Å². The van der Waals surface area contributed by atoms with E-state index in [0.29, 0.717) is 28.9 Å². The van der Waals surface area contributed by atoms with Crippen molar-refractivity contribution in [2.75, 3.05) is 36.4 Å². The highest BCUT2D eigenvalue weighted by Gasteiger charge is 2.21. The van der Waals surface area contributed by atoms with Gasteiger partial charge in [0.15, 0.2) is 0 Å². The van der Waals surface area contributed by atoms with Gasteiger partial charge in [-0.1, -0.05) is 31.1 Å². The molecule has 1 aliphatic rings. The van der Waals surface area contributed by atoms with Crippen LogP contribution in [0.15, 0.2) is 47.5 Å². The number of carbonyl (C=O) groups excluding carboxylic acids is 1. The Labute approximate surface area is 234 Å². The van der Waals surface area contributed by atoms with Crippen molar-refractivity contribution < 1.29 is 9.32 Å². The molecule has 1 N–H and O–H groups in total. The topological polar surface area (TPSA) is 118 Å². The van der Waals surface area contributed by atoms with Crippen LogP contribution < -0.4 is 10.2 Å². The van der Waals surface area contributed by atoms with Gasteiger partial charge in [0.05, 0.1) is 40.7 Å². The molecule has 1 saturated heterocycles. The van der Waals surface area contributed by atoms with Crippen LogP contribution >= 0.6 is 0 Å². The summed E-state index contributed by atoms with van der Waals surface area (Å²) in [4.78, 5) is 26.7. The number of hydrogen-bond acceptors (Lipinski definition) is 9. The normalized spacial score (nSPS) is 14.6. The molecule has 1 fully saturated rings. The highest BCUT2D eigenvalue weighted by molar-refractivity contribution is 6.03. The van der Waals surface area contributed by atoms with E-state index in [2.05, 4.69) is 81.2 Å². The summed E-state index contributed by atoms with van der Waals surface area (Å²) < 4.78 is 6.96. The summed E-state index contributed by atoms with van der Waals surface area (Å²) in [7, 11) is 0. The predicted octanol–water partition coefficient (Wildman–Crippen LogP) is 4.39. The average Bonchev–Trinajstić information content (AvgIpc) is 3.58. The number of piperazine rings is 1. The third-order valence-corrected chi connectivity index (χ3v) is 7.00. The molecule has 4 aromatic rings. The van der Waals surface area contributed by atoms with E-state index in [-0.39, 0.29) is 11.3 Å². The van der Waals surface area contributed by atoms with Gasteiger partial charge in [0.25, 0.3) is 5.91 Å². The van der Waals surface area contributed by atoms with Crippen LogP contribution in [0.2, 0.25) is 0 Å². The molecule has 0 bridgehead atoms. The molecule has 0 aromatic carbocycles. The van der Waals surface area contributed by atoms with Gasteiger partial charge in [0, 0.05) is 56.2 Å². The monoisotopic (exact) mass is 543 g/mol. The van der Waals surface area contributed by atoms with Gasteiger partial charge in [-0.25, -0.2) is 4.68 Å². The van der Waals surface area contributed by atoms with Crippen molar-refractivity contribution in [2.24, 2.45) is 5.41 Å². The number of anilines is 2. The SMILES string of the molecule is Cc1ncc(C(=O)Nc2cc(CC(C)(C)C)no2)cc1-n1cc(-c2cncc(N3CCN(C(C)C)CC3)c2)nn1. The maximum absolute atomic E-state index is 13.0. The predicted molar refractivity (Wildman–Crippen MR) is 154 cm³/mol. The van der Waals surface area contributed by atoms with Crippen molar-refractivity contribution in [3.63, 3.8) is 0 Å². The van der Waals surface area contributed by atoms with Gasteiger partial charge in [-0.2, -0.15) is 0 Å². The summed E-state index contributed by atoms with van der Waals surface area (Å²) in [6, 6.07) is 6.15. The lowest BCUT2D eigenvalue weighted by Crippen LogP contribution is -2.48. The number of carbonyl (C=O) groups is 1. The van der Waals surface area contributed by atoms with Crippen LogP contribution in [0.3, 0.4) is 0 Å². The first-order valence-corrected chi connectivity index (χ1v) is 13.7. The molecule has 210 valence electrons. The minimum Gasteiger partial charge on any atom is -0.368 e. The number of aryl methyl sites for hydroxylation is 1. The second kappa shape index (κ2) is 11.2. The number of nitrogens with zero attached hydrogens (tertiary/aromatic N) is 8. The fourth-order valence-corrected chi connectivity index (χ4v) is 4.81. The van der Waals surface area contributed by atoms with Gasteiger partial charge in [-0.15, -0.1) is 5.10 Å². The van der Waals surface area contributed by atoms with E-state index in [1.807, 2.05) is 19.3 Å². The lowest BCUT2D eigenvalue weighted by atomic mass is 9.91. The second-order valence-corrected chi connectivity index (χ2v) is 11.8. The Kier molecular flexibility index (Phi) is 7.66. The molecule has 5 heterocycles. The average molecular weight is 544 g/mol. The Bertz CT molecular complexity index is 1480. The quantitative estimate of drug-likeness (QED) is 0.362. The number of rotatable bonds is 7. The summed E-state index contributed by atoms with van der Waals surface area (Å²) in [5, 5.41) is 15.6. The van der Waals surface area contributed by atoms with Gasteiger partial charge >= 0.3 is 0 Å². The number of amides is 1. The molecule has 5 rings (SSSR count).